The molecule has 1 aromatic carbocycles. The van der Waals surface area contributed by atoms with Crippen molar-refractivity contribution in [2.75, 3.05) is 4.90 Å². The Kier molecular flexibility index (Phi) is 4.16. The van der Waals surface area contributed by atoms with Gasteiger partial charge in [-0.3, -0.25) is 9.69 Å². The molecule has 19 heavy (non-hydrogen) atoms. The molecule has 0 saturated heterocycles. The largest absolute Gasteiger partial charge is 0.291 e. The van der Waals surface area contributed by atoms with Crippen molar-refractivity contribution in [3.8, 4) is 0 Å². The van der Waals surface area contributed by atoms with Crippen LogP contribution in [0.15, 0.2) is 36.7 Å². The molecule has 2 aromatic rings. The molecular weight excluding hydrogens is 264 g/mol. The van der Waals surface area contributed by atoms with Gasteiger partial charge in [0.25, 0.3) is 0 Å². The lowest BCUT2D eigenvalue weighted by Crippen LogP contribution is -2.37. The first kappa shape index (κ1) is 13.5. The molecule has 1 unspecified atom stereocenters. The smallest absolute Gasteiger partial charge is 0.246 e. The predicted octanol–water partition coefficient (Wildman–Crippen LogP) is 2.20. The number of carbonyl (C=O) groups is 1. The Balaban J connectivity index is 2.30. The van der Waals surface area contributed by atoms with Crippen molar-refractivity contribution in [1.82, 2.24) is 14.8 Å². The fourth-order valence-corrected chi connectivity index (χ4v) is 1.81. The van der Waals surface area contributed by atoms with E-state index >= 15 is 0 Å². The maximum Gasteiger partial charge on any atom is 0.246 e. The molecule has 0 aliphatic heterocycles. The molecule has 0 aliphatic carbocycles. The number of aromatic nitrogens is 3. The highest BCUT2D eigenvalue weighted by Gasteiger charge is 2.21. The minimum absolute atomic E-state index is 0.164. The summed E-state index contributed by atoms with van der Waals surface area (Å²) in [6, 6.07) is 9.38. The summed E-state index contributed by atoms with van der Waals surface area (Å²) in [5, 5.41) is 3.50. The fraction of sp³-hybridized carbons (Fsp3) is 0.308. The van der Waals surface area contributed by atoms with Crippen LogP contribution in [-0.4, -0.2) is 26.0 Å². The number of carbonyl (C=O) groups excluding carboxylic acids is 1. The number of aryl methyl sites for hydroxylation is 1. The molecule has 0 N–H and O–H groups in total. The summed E-state index contributed by atoms with van der Waals surface area (Å²) in [5.74, 6) is 0.582. The number of hydrogen-bond acceptors (Lipinski definition) is 3. The van der Waals surface area contributed by atoms with Crippen molar-refractivity contribution in [2.24, 2.45) is 0 Å². The SMILES string of the molecule is Cc1ncnn1CN(C(=O)C(C)Cl)c1ccccc1. The third kappa shape index (κ3) is 3.12. The molecule has 1 heterocycles. The Morgan fingerprint density at radius 3 is 2.63 bits per heavy atom. The van der Waals surface area contributed by atoms with Gasteiger partial charge < -0.3 is 0 Å². The Morgan fingerprint density at radius 1 is 1.42 bits per heavy atom. The van der Waals surface area contributed by atoms with Crippen LogP contribution < -0.4 is 4.90 Å². The maximum atomic E-state index is 12.2. The molecule has 5 nitrogen and oxygen atoms in total. The van der Waals surface area contributed by atoms with Gasteiger partial charge in [-0.2, -0.15) is 5.10 Å². The molecule has 0 spiro atoms. The van der Waals surface area contributed by atoms with Gasteiger partial charge in [0, 0.05) is 5.69 Å². The first-order valence-corrected chi connectivity index (χ1v) is 6.38. The molecule has 1 amide bonds. The topological polar surface area (TPSA) is 51.0 Å². The second-order valence-corrected chi connectivity index (χ2v) is 4.82. The quantitative estimate of drug-likeness (QED) is 0.806. The van der Waals surface area contributed by atoms with Gasteiger partial charge in [0.05, 0.1) is 0 Å². The Labute approximate surface area is 116 Å². The van der Waals surface area contributed by atoms with E-state index in [-0.39, 0.29) is 5.91 Å². The maximum absolute atomic E-state index is 12.2. The van der Waals surface area contributed by atoms with Crippen LogP contribution in [0.1, 0.15) is 12.7 Å². The lowest BCUT2D eigenvalue weighted by Gasteiger charge is -2.24. The molecule has 1 atom stereocenters. The molecule has 6 heteroatoms. The van der Waals surface area contributed by atoms with Gasteiger partial charge in [0.2, 0.25) is 5.91 Å². The molecule has 0 fully saturated rings. The van der Waals surface area contributed by atoms with Crippen molar-refractivity contribution >= 4 is 23.2 Å². The van der Waals surface area contributed by atoms with E-state index in [1.807, 2.05) is 37.3 Å². The number of halogens is 1. The number of rotatable bonds is 4. The van der Waals surface area contributed by atoms with E-state index in [9.17, 15) is 4.79 Å². The monoisotopic (exact) mass is 278 g/mol. The Morgan fingerprint density at radius 2 is 2.11 bits per heavy atom. The van der Waals surface area contributed by atoms with E-state index in [1.54, 1.807) is 16.5 Å². The summed E-state index contributed by atoms with van der Waals surface area (Å²) in [6.07, 6.45) is 1.47. The number of amides is 1. The lowest BCUT2D eigenvalue weighted by atomic mass is 10.2. The van der Waals surface area contributed by atoms with Crippen molar-refractivity contribution in [3.05, 3.63) is 42.5 Å². The van der Waals surface area contributed by atoms with Gasteiger partial charge in [-0.05, 0) is 26.0 Å². The second-order valence-electron chi connectivity index (χ2n) is 4.17. The summed E-state index contributed by atoms with van der Waals surface area (Å²) in [7, 11) is 0. The fourth-order valence-electron chi connectivity index (χ4n) is 1.70. The number of nitrogens with zero attached hydrogens (tertiary/aromatic N) is 4. The predicted molar refractivity (Wildman–Crippen MR) is 74.0 cm³/mol. The van der Waals surface area contributed by atoms with Gasteiger partial charge in [-0.25, -0.2) is 9.67 Å². The van der Waals surface area contributed by atoms with E-state index in [4.69, 9.17) is 11.6 Å². The average molecular weight is 279 g/mol. The third-order valence-electron chi connectivity index (χ3n) is 2.76. The van der Waals surface area contributed by atoms with Crippen LogP contribution in [0.4, 0.5) is 5.69 Å². The normalized spacial score (nSPS) is 12.2. The van der Waals surface area contributed by atoms with Crippen molar-refractivity contribution in [3.63, 3.8) is 0 Å². The molecule has 2 rings (SSSR count). The van der Waals surface area contributed by atoms with Crippen LogP contribution in [0.5, 0.6) is 0 Å². The van der Waals surface area contributed by atoms with E-state index < -0.39 is 5.38 Å². The molecule has 0 radical (unpaired) electrons. The number of benzene rings is 1. The van der Waals surface area contributed by atoms with Gasteiger partial charge in [-0.1, -0.05) is 18.2 Å². The third-order valence-corrected chi connectivity index (χ3v) is 2.95. The standard InChI is InChI=1S/C13H15ClN4O/c1-10(14)13(19)17(12-6-4-3-5-7-12)9-18-11(2)15-8-16-18/h3-8,10H,9H2,1-2H3. The highest BCUT2D eigenvalue weighted by Crippen LogP contribution is 2.17. The van der Waals surface area contributed by atoms with E-state index in [1.165, 1.54) is 6.33 Å². The number of hydrogen-bond donors (Lipinski definition) is 0. The minimum atomic E-state index is -0.593. The van der Waals surface area contributed by atoms with Gasteiger partial charge in [0.1, 0.15) is 24.2 Å². The van der Waals surface area contributed by atoms with Crippen molar-refractivity contribution in [2.45, 2.75) is 25.9 Å². The zero-order valence-electron chi connectivity index (χ0n) is 10.8. The van der Waals surface area contributed by atoms with Crippen LogP contribution in [0.3, 0.4) is 0 Å². The van der Waals surface area contributed by atoms with E-state index in [0.717, 1.165) is 11.5 Å². The van der Waals surface area contributed by atoms with Crippen LogP contribution >= 0.6 is 11.6 Å². The van der Waals surface area contributed by atoms with Crippen LogP contribution in [0.25, 0.3) is 0 Å². The highest BCUT2D eigenvalue weighted by molar-refractivity contribution is 6.32. The van der Waals surface area contributed by atoms with Crippen molar-refractivity contribution < 1.29 is 4.79 Å². The van der Waals surface area contributed by atoms with Gasteiger partial charge >= 0.3 is 0 Å². The molecule has 0 bridgehead atoms. The highest BCUT2D eigenvalue weighted by atomic mass is 35.5. The molecule has 100 valence electrons. The van der Waals surface area contributed by atoms with Gasteiger partial charge in [0.15, 0.2) is 0 Å². The molecular formula is C13H15ClN4O. The first-order valence-electron chi connectivity index (χ1n) is 5.94. The van der Waals surface area contributed by atoms with Crippen LogP contribution in [0.2, 0.25) is 0 Å². The lowest BCUT2D eigenvalue weighted by molar-refractivity contribution is -0.118. The van der Waals surface area contributed by atoms with Crippen LogP contribution in [-0.2, 0) is 11.5 Å². The van der Waals surface area contributed by atoms with Crippen LogP contribution in [0, 0.1) is 6.92 Å². The number of anilines is 1. The Hall–Kier alpha value is -1.88. The summed E-state index contributed by atoms with van der Waals surface area (Å²) in [4.78, 5) is 17.9. The molecule has 0 aliphatic rings. The summed E-state index contributed by atoms with van der Waals surface area (Å²) >= 11 is 5.92. The van der Waals surface area contributed by atoms with Gasteiger partial charge in [-0.15, -0.1) is 11.6 Å². The first-order chi connectivity index (χ1) is 9.09. The summed E-state index contributed by atoms with van der Waals surface area (Å²) in [6.45, 7) is 3.80. The summed E-state index contributed by atoms with van der Waals surface area (Å²) < 4.78 is 1.66. The zero-order valence-corrected chi connectivity index (χ0v) is 11.6. The summed E-state index contributed by atoms with van der Waals surface area (Å²) in [5.41, 5.74) is 0.787. The molecule has 1 aromatic heterocycles. The van der Waals surface area contributed by atoms with Crippen molar-refractivity contribution in [1.29, 1.82) is 0 Å². The second kappa shape index (κ2) is 5.84. The van der Waals surface area contributed by atoms with E-state index in [2.05, 4.69) is 10.1 Å². The number of para-hydroxylation sites is 1. The van der Waals surface area contributed by atoms with E-state index in [0.29, 0.717) is 6.67 Å². The minimum Gasteiger partial charge on any atom is -0.291 e. The zero-order chi connectivity index (χ0) is 13.8. The molecule has 0 saturated carbocycles. The average Bonchev–Trinajstić information content (AvgIpc) is 2.81. The Bertz CT molecular complexity index is 553. The number of alkyl halides is 1.